The predicted molar refractivity (Wildman–Crippen MR) is 41.4 cm³/mol. The van der Waals surface area contributed by atoms with Gasteiger partial charge in [0.1, 0.15) is 0 Å². The number of halogens is 3. The van der Waals surface area contributed by atoms with E-state index in [0.717, 1.165) is 6.07 Å². The van der Waals surface area contributed by atoms with Crippen LogP contribution in [-0.2, 0) is 12.6 Å². The van der Waals surface area contributed by atoms with E-state index in [-0.39, 0.29) is 0 Å². The third-order valence-corrected chi connectivity index (χ3v) is 1.61. The summed E-state index contributed by atoms with van der Waals surface area (Å²) in [4.78, 5) is 13.1. The first-order valence-electron chi connectivity index (χ1n) is 3.74. The Bertz CT molecular complexity index is 353. The lowest BCUT2D eigenvalue weighted by Gasteiger charge is -2.06. The molecule has 5 heteroatoms. The van der Waals surface area contributed by atoms with Crippen LogP contribution >= 0.6 is 0 Å². The quantitative estimate of drug-likeness (QED) is 0.723. The number of rotatable bonds is 1. The maximum Gasteiger partial charge on any atom is 0.416 e. The highest BCUT2D eigenvalue weighted by Crippen LogP contribution is 2.28. The van der Waals surface area contributed by atoms with Gasteiger partial charge in [-0.1, -0.05) is 6.92 Å². The Morgan fingerprint density at radius 1 is 1.38 bits per heavy atom. The first kappa shape index (κ1) is 9.83. The summed E-state index contributed by atoms with van der Waals surface area (Å²) in [6.45, 7) is 1.67. The fourth-order valence-corrected chi connectivity index (χ4v) is 0.955. The molecule has 0 aliphatic rings. The van der Waals surface area contributed by atoms with Crippen molar-refractivity contribution in [3.63, 3.8) is 0 Å². The van der Waals surface area contributed by atoms with Crippen LogP contribution in [0.5, 0.6) is 0 Å². The van der Waals surface area contributed by atoms with Crippen molar-refractivity contribution in [2.24, 2.45) is 0 Å². The average Bonchev–Trinajstić information content (AvgIpc) is 2.01. The Morgan fingerprint density at radius 3 is 2.46 bits per heavy atom. The largest absolute Gasteiger partial charge is 0.416 e. The molecule has 1 rings (SSSR count). The molecular formula is C8H8F3NO. The molecule has 0 amide bonds. The Kier molecular flexibility index (Phi) is 2.45. The van der Waals surface area contributed by atoms with Gasteiger partial charge < -0.3 is 4.98 Å². The number of alkyl halides is 3. The molecule has 0 aromatic carbocycles. The summed E-state index contributed by atoms with van der Waals surface area (Å²) < 4.78 is 36.4. The van der Waals surface area contributed by atoms with Crippen molar-refractivity contribution in [2.45, 2.75) is 19.5 Å². The van der Waals surface area contributed by atoms with Crippen LogP contribution in [0.4, 0.5) is 13.2 Å². The van der Waals surface area contributed by atoms with Gasteiger partial charge in [0.2, 0.25) is 5.56 Å². The molecule has 72 valence electrons. The maximum absolute atomic E-state index is 12.1. The molecule has 0 saturated carbocycles. The standard InChI is InChI=1S/C8H8F3NO/c1-2-6-3-5(8(9,10)11)4-7(13)12-6/h3-4H,2H2,1H3,(H,12,13). The minimum atomic E-state index is -4.45. The molecule has 0 radical (unpaired) electrons. The van der Waals surface area contributed by atoms with Gasteiger partial charge in [-0.15, -0.1) is 0 Å². The van der Waals surface area contributed by atoms with E-state index in [4.69, 9.17) is 0 Å². The van der Waals surface area contributed by atoms with E-state index in [2.05, 4.69) is 4.98 Å². The smallest absolute Gasteiger partial charge is 0.326 e. The van der Waals surface area contributed by atoms with Gasteiger partial charge in [0.25, 0.3) is 0 Å². The number of hydrogen-bond acceptors (Lipinski definition) is 1. The summed E-state index contributed by atoms with van der Waals surface area (Å²) in [5.74, 6) is 0. The Hall–Kier alpha value is -1.26. The number of aromatic amines is 1. The SMILES string of the molecule is CCc1cc(C(F)(F)F)cc(=O)[nH]1. The third-order valence-electron chi connectivity index (χ3n) is 1.61. The molecule has 0 atom stereocenters. The molecule has 0 aliphatic heterocycles. The molecule has 0 bridgehead atoms. The Morgan fingerprint density at radius 2 is 2.00 bits per heavy atom. The molecule has 0 saturated heterocycles. The molecule has 0 unspecified atom stereocenters. The first-order chi connectivity index (χ1) is 5.93. The molecular weight excluding hydrogens is 183 g/mol. The molecule has 1 aromatic heterocycles. The minimum Gasteiger partial charge on any atom is -0.326 e. The third kappa shape index (κ3) is 2.34. The van der Waals surface area contributed by atoms with Gasteiger partial charge in [-0.25, -0.2) is 0 Å². The van der Waals surface area contributed by atoms with Crippen molar-refractivity contribution in [3.05, 3.63) is 33.7 Å². The summed E-state index contributed by atoms with van der Waals surface area (Å²) in [5.41, 5.74) is -1.32. The van der Waals surface area contributed by atoms with Crippen LogP contribution in [0.3, 0.4) is 0 Å². The van der Waals surface area contributed by atoms with E-state index >= 15 is 0 Å². The highest BCUT2D eigenvalue weighted by atomic mass is 19.4. The first-order valence-corrected chi connectivity index (χ1v) is 3.74. The van der Waals surface area contributed by atoms with Crippen molar-refractivity contribution in [2.75, 3.05) is 0 Å². The lowest BCUT2D eigenvalue weighted by molar-refractivity contribution is -0.137. The molecule has 1 aromatic rings. The fourth-order valence-electron chi connectivity index (χ4n) is 0.955. The van der Waals surface area contributed by atoms with Gasteiger partial charge in [-0.3, -0.25) is 4.79 Å². The Balaban J connectivity index is 3.24. The molecule has 1 heterocycles. The van der Waals surface area contributed by atoms with Crippen molar-refractivity contribution in [1.29, 1.82) is 0 Å². The van der Waals surface area contributed by atoms with Crippen molar-refractivity contribution in [3.8, 4) is 0 Å². The highest BCUT2D eigenvalue weighted by molar-refractivity contribution is 5.19. The van der Waals surface area contributed by atoms with Crippen LogP contribution < -0.4 is 5.56 Å². The summed E-state index contributed by atoms with van der Waals surface area (Å²) >= 11 is 0. The van der Waals surface area contributed by atoms with E-state index in [0.29, 0.717) is 18.2 Å². The summed E-state index contributed by atoms with van der Waals surface area (Å²) in [7, 11) is 0. The van der Waals surface area contributed by atoms with E-state index in [1.54, 1.807) is 6.92 Å². The van der Waals surface area contributed by atoms with Gasteiger partial charge in [0, 0.05) is 11.8 Å². The monoisotopic (exact) mass is 191 g/mol. The van der Waals surface area contributed by atoms with Crippen molar-refractivity contribution in [1.82, 2.24) is 4.98 Å². The van der Waals surface area contributed by atoms with Crippen LogP contribution in [0.2, 0.25) is 0 Å². The number of hydrogen-bond donors (Lipinski definition) is 1. The zero-order chi connectivity index (χ0) is 10.1. The second kappa shape index (κ2) is 3.24. The van der Waals surface area contributed by atoms with Crippen LogP contribution in [0.25, 0.3) is 0 Å². The highest BCUT2D eigenvalue weighted by Gasteiger charge is 2.31. The van der Waals surface area contributed by atoms with Crippen LogP contribution in [0, 0.1) is 0 Å². The fraction of sp³-hybridized carbons (Fsp3) is 0.375. The topological polar surface area (TPSA) is 32.9 Å². The second-order valence-corrected chi connectivity index (χ2v) is 2.61. The van der Waals surface area contributed by atoms with Gasteiger partial charge in [0.05, 0.1) is 5.56 Å². The van der Waals surface area contributed by atoms with Gasteiger partial charge in [0.15, 0.2) is 0 Å². The summed E-state index contributed by atoms with van der Waals surface area (Å²) in [6.07, 6.45) is -4.07. The van der Waals surface area contributed by atoms with E-state index in [9.17, 15) is 18.0 Å². The minimum absolute atomic E-state index is 0.292. The second-order valence-electron chi connectivity index (χ2n) is 2.61. The predicted octanol–water partition coefficient (Wildman–Crippen LogP) is 1.96. The molecule has 0 fully saturated rings. The molecule has 0 spiro atoms. The van der Waals surface area contributed by atoms with E-state index < -0.39 is 17.3 Å². The molecule has 13 heavy (non-hydrogen) atoms. The lowest BCUT2D eigenvalue weighted by atomic mass is 10.2. The zero-order valence-corrected chi connectivity index (χ0v) is 6.90. The molecule has 2 nitrogen and oxygen atoms in total. The van der Waals surface area contributed by atoms with E-state index in [1.165, 1.54) is 0 Å². The van der Waals surface area contributed by atoms with Crippen molar-refractivity contribution >= 4 is 0 Å². The van der Waals surface area contributed by atoms with Crippen LogP contribution in [0.1, 0.15) is 18.2 Å². The molecule has 0 aliphatic carbocycles. The normalized spacial score (nSPS) is 11.7. The Labute approximate surface area is 72.4 Å². The summed E-state index contributed by atoms with van der Waals surface area (Å²) in [6, 6.07) is 1.50. The number of pyridine rings is 1. The summed E-state index contributed by atoms with van der Waals surface area (Å²) in [5, 5.41) is 0. The maximum atomic E-state index is 12.1. The van der Waals surface area contributed by atoms with Crippen molar-refractivity contribution < 1.29 is 13.2 Å². The molecule has 1 N–H and O–H groups in total. The average molecular weight is 191 g/mol. The zero-order valence-electron chi connectivity index (χ0n) is 6.90. The van der Waals surface area contributed by atoms with Crippen LogP contribution in [-0.4, -0.2) is 4.98 Å². The van der Waals surface area contributed by atoms with Crippen LogP contribution in [0.15, 0.2) is 16.9 Å². The lowest BCUT2D eigenvalue weighted by Crippen LogP contribution is -2.14. The number of nitrogens with one attached hydrogen (secondary N) is 1. The van der Waals surface area contributed by atoms with E-state index in [1.807, 2.05) is 0 Å². The number of H-pyrrole nitrogens is 1. The van der Waals surface area contributed by atoms with Gasteiger partial charge >= 0.3 is 6.18 Å². The number of aryl methyl sites for hydroxylation is 1. The van der Waals surface area contributed by atoms with Gasteiger partial charge in [-0.05, 0) is 12.5 Å². The van der Waals surface area contributed by atoms with Gasteiger partial charge in [-0.2, -0.15) is 13.2 Å². The number of aromatic nitrogens is 1.